The van der Waals surface area contributed by atoms with Crippen LogP contribution in [0.2, 0.25) is 0 Å². The lowest BCUT2D eigenvalue weighted by atomic mass is 9.94. The molecule has 84 valence electrons. The Balaban J connectivity index is 2.75. The van der Waals surface area contributed by atoms with Gasteiger partial charge in [0, 0.05) is 12.1 Å². The fourth-order valence-electron chi connectivity index (χ4n) is 2.62. The van der Waals surface area contributed by atoms with E-state index < -0.39 is 0 Å². The van der Waals surface area contributed by atoms with Gasteiger partial charge >= 0.3 is 0 Å². The molecule has 14 heavy (non-hydrogen) atoms. The van der Waals surface area contributed by atoms with E-state index in [4.69, 9.17) is 0 Å². The first-order chi connectivity index (χ1) is 6.54. The van der Waals surface area contributed by atoms with Crippen LogP contribution in [0.4, 0.5) is 0 Å². The minimum Gasteiger partial charge on any atom is -0.391 e. The van der Waals surface area contributed by atoms with Crippen molar-refractivity contribution in [1.82, 2.24) is 4.90 Å². The molecule has 1 fully saturated rings. The highest BCUT2D eigenvalue weighted by molar-refractivity contribution is 4.86. The Morgan fingerprint density at radius 2 is 1.79 bits per heavy atom. The molecular formula is C12H25NO. The summed E-state index contributed by atoms with van der Waals surface area (Å²) in [5, 5.41) is 10.1. The normalized spacial score (nSPS) is 31.1. The van der Waals surface area contributed by atoms with Gasteiger partial charge in [-0.2, -0.15) is 0 Å². The Hall–Kier alpha value is -0.0800. The summed E-state index contributed by atoms with van der Waals surface area (Å²) in [5.41, 5.74) is 0. The largest absolute Gasteiger partial charge is 0.391 e. The van der Waals surface area contributed by atoms with Crippen LogP contribution < -0.4 is 0 Å². The summed E-state index contributed by atoms with van der Waals surface area (Å²) < 4.78 is 0. The Kier molecular flexibility index (Phi) is 4.39. The van der Waals surface area contributed by atoms with Crippen LogP contribution in [0.3, 0.4) is 0 Å². The zero-order valence-electron chi connectivity index (χ0n) is 10.0. The van der Waals surface area contributed by atoms with E-state index in [1.54, 1.807) is 0 Å². The van der Waals surface area contributed by atoms with Gasteiger partial charge in [0.15, 0.2) is 0 Å². The predicted octanol–water partition coefficient (Wildman–Crippen LogP) is 2.27. The van der Waals surface area contributed by atoms with Gasteiger partial charge in [-0.05, 0) is 45.6 Å². The fourth-order valence-corrected chi connectivity index (χ4v) is 2.62. The molecule has 1 N–H and O–H groups in total. The molecule has 0 amide bonds. The first-order valence-corrected chi connectivity index (χ1v) is 5.98. The molecule has 0 bridgehead atoms. The SMILES string of the molecule is CC(C)C1C(O)CCCCN1C(C)C. The highest BCUT2D eigenvalue weighted by atomic mass is 16.3. The fraction of sp³-hybridized carbons (Fsp3) is 1.00. The highest BCUT2D eigenvalue weighted by Gasteiger charge is 2.31. The zero-order chi connectivity index (χ0) is 10.7. The predicted molar refractivity (Wildman–Crippen MR) is 60.3 cm³/mol. The summed E-state index contributed by atoms with van der Waals surface area (Å²) in [4.78, 5) is 2.47. The average molecular weight is 199 g/mol. The Morgan fingerprint density at radius 3 is 2.29 bits per heavy atom. The smallest absolute Gasteiger partial charge is 0.0698 e. The van der Waals surface area contributed by atoms with Gasteiger partial charge in [0.2, 0.25) is 0 Å². The minimum absolute atomic E-state index is 0.125. The van der Waals surface area contributed by atoms with Gasteiger partial charge in [-0.3, -0.25) is 4.90 Å². The number of likely N-dealkylation sites (tertiary alicyclic amines) is 1. The lowest BCUT2D eigenvalue weighted by Gasteiger charge is -2.38. The van der Waals surface area contributed by atoms with Gasteiger partial charge in [-0.15, -0.1) is 0 Å². The van der Waals surface area contributed by atoms with E-state index in [0.717, 1.165) is 13.0 Å². The van der Waals surface area contributed by atoms with Crippen LogP contribution in [0.25, 0.3) is 0 Å². The first kappa shape index (κ1) is 12.0. The van der Waals surface area contributed by atoms with Crippen molar-refractivity contribution in [2.75, 3.05) is 6.54 Å². The van der Waals surface area contributed by atoms with Crippen molar-refractivity contribution >= 4 is 0 Å². The number of hydrogen-bond donors (Lipinski definition) is 1. The van der Waals surface area contributed by atoms with Crippen molar-refractivity contribution < 1.29 is 5.11 Å². The topological polar surface area (TPSA) is 23.5 Å². The molecule has 0 aromatic carbocycles. The Morgan fingerprint density at radius 1 is 1.14 bits per heavy atom. The number of aliphatic hydroxyl groups is 1. The summed E-state index contributed by atoms with van der Waals surface area (Å²) in [5.74, 6) is 0.547. The van der Waals surface area contributed by atoms with Gasteiger partial charge in [0.25, 0.3) is 0 Å². The van der Waals surface area contributed by atoms with Crippen LogP contribution in [0, 0.1) is 5.92 Å². The van der Waals surface area contributed by atoms with Crippen LogP contribution in [0.15, 0.2) is 0 Å². The monoisotopic (exact) mass is 199 g/mol. The summed E-state index contributed by atoms with van der Waals surface area (Å²) in [6.07, 6.45) is 3.26. The van der Waals surface area contributed by atoms with Crippen molar-refractivity contribution in [2.45, 2.75) is 65.1 Å². The molecule has 0 aromatic rings. The number of hydrogen-bond acceptors (Lipinski definition) is 2. The van der Waals surface area contributed by atoms with Crippen LogP contribution in [0.1, 0.15) is 47.0 Å². The maximum atomic E-state index is 10.1. The first-order valence-electron chi connectivity index (χ1n) is 5.98. The molecule has 1 rings (SSSR count). The van der Waals surface area contributed by atoms with E-state index in [2.05, 4.69) is 32.6 Å². The van der Waals surface area contributed by atoms with Crippen LogP contribution in [-0.4, -0.2) is 34.7 Å². The molecule has 0 aromatic heterocycles. The van der Waals surface area contributed by atoms with Crippen molar-refractivity contribution in [3.05, 3.63) is 0 Å². The molecule has 1 aliphatic heterocycles. The van der Waals surface area contributed by atoms with Gasteiger partial charge in [0.05, 0.1) is 6.10 Å². The van der Waals surface area contributed by atoms with Crippen molar-refractivity contribution in [1.29, 1.82) is 0 Å². The maximum Gasteiger partial charge on any atom is 0.0698 e. The molecule has 2 unspecified atom stereocenters. The Bertz CT molecular complexity index is 168. The lowest BCUT2D eigenvalue weighted by Crippen LogP contribution is -2.49. The summed E-state index contributed by atoms with van der Waals surface area (Å²) in [6.45, 7) is 10.0. The van der Waals surface area contributed by atoms with E-state index in [9.17, 15) is 5.11 Å². The van der Waals surface area contributed by atoms with Gasteiger partial charge in [-0.25, -0.2) is 0 Å². The third-order valence-electron chi connectivity index (χ3n) is 3.29. The van der Waals surface area contributed by atoms with E-state index >= 15 is 0 Å². The number of nitrogens with zero attached hydrogens (tertiary/aromatic N) is 1. The summed E-state index contributed by atoms with van der Waals surface area (Å²) >= 11 is 0. The zero-order valence-corrected chi connectivity index (χ0v) is 10.0. The van der Waals surface area contributed by atoms with Crippen LogP contribution >= 0.6 is 0 Å². The molecule has 2 nitrogen and oxygen atoms in total. The molecule has 0 spiro atoms. The molecule has 1 aliphatic rings. The van der Waals surface area contributed by atoms with Crippen LogP contribution in [-0.2, 0) is 0 Å². The number of aliphatic hydroxyl groups excluding tert-OH is 1. The molecule has 0 radical (unpaired) electrons. The van der Waals surface area contributed by atoms with Crippen molar-refractivity contribution in [3.8, 4) is 0 Å². The molecule has 0 aliphatic carbocycles. The van der Waals surface area contributed by atoms with Gasteiger partial charge in [0.1, 0.15) is 0 Å². The van der Waals surface area contributed by atoms with Gasteiger partial charge < -0.3 is 5.11 Å². The molecule has 1 heterocycles. The maximum absolute atomic E-state index is 10.1. The highest BCUT2D eigenvalue weighted by Crippen LogP contribution is 2.24. The van der Waals surface area contributed by atoms with Gasteiger partial charge in [-0.1, -0.05) is 13.8 Å². The second-order valence-corrected chi connectivity index (χ2v) is 5.13. The molecule has 2 atom stereocenters. The minimum atomic E-state index is -0.125. The summed E-state index contributed by atoms with van der Waals surface area (Å²) in [6, 6.07) is 0.910. The second kappa shape index (κ2) is 5.13. The Labute approximate surface area is 88.3 Å². The van der Waals surface area contributed by atoms with Crippen molar-refractivity contribution in [3.63, 3.8) is 0 Å². The van der Waals surface area contributed by atoms with E-state index in [1.807, 2.05) is 0 Å². The average Bonchev–Trinajstić information content (AvgIpc) is 2.26. The molecule has 0 saturated carbocycles. The standard InChI is InChI=1S/C12H25NO/c1-9(2)12-11(14)7-5-6-8-13(12)10(3)4/h9-12,14H,5-8H2,1-4H3. The second-order valence-electron chi connectivity index (χ2n) is 5.13. The van der Waals surface area contributed by atoms with E-state index in [1.165, 1.54) is 12.8 Å². The van der Waals surface area contributed by atoms with Crippen LogP contribution in [0.5, 0.6) is 0 Å². The molecule has 1 saturated heterocycles. The summed E-state index contributed by atoms with van der Waals surface area (Å²) in [7, 11) is 0. The van der Waals surface area contributed by atoms with E-state index in [0.29, 0.717) is 18.0 Å². The third-order valence-corrected chi connectivity index (χ3v) is 3.29. The number of rotatable bonds is 2. The molecule has 2 heteroatoms. The molecular weight excluding hydrogens is 174 g/mol. The third kappa shape index (κ3) is 2.71. The van der Waals surface area contributed by atoms with E-state index in [-0.39, 0.29) is 6.10 Å². The lowest BCUT2D eigenvalue weighted by molar-refractivity contribution is 0.0164. The quantitative estimate of drug-likeness (QED) is 0.737. The van der Waals surface area contributed by atoms with Crippen molar-refractivity contribution in [2.24, 2.45) is 5.92 Å².